The zero-order chi connectivity index (χ0) is 17.4. The van der Waals surface area contributed by atoms with Crippen LogP contribution in [0.15, 0.2) is 23.1 Å². The van der Waals surface area contributed by atoms with Gasteiger partial charge in [-0.3, -0.25) is 0 Å². The van der Waals surface area contributed by atoms with E-state index in [-0.39, 0.29) is 18.0 Å². The summed E-state index contributed by atoms with van der Waals surface area (Å²) < 4.78 is 50.4. The van der Waals surface area contributed by atoms with Crippen molar-refractivity contribution in [2.45, 2.75) is 30.9 Å². The summed E-state index contributed by atoms with van der Waals surface area (Å²) in [6.45, 7) is 3.52. The first-order valence-corrected chi connectivity index (χ1v) is 10.5. The molecule has 2 rings (SSSR count). The van der Waals surface area contributed by atoms with Crippen LogP contribution in [0.5, 0.6) is 0 Å². The van der Waals surface area contributed by atoms with E-state index in [4.69, 9.17) is 5.73 Å². The molecule has 3 N–H and O–H groups in total. The zero-order valence-corrected chi connectivity index (χ0v) is 14.8. The second kappa shape index (κ2) is 6.48. The average Bonchev–Trinajstić information content (AvgIpc) is 2.68. The van der Waals surface area contributed by atoms with E-state index < -0.39 is 43.5 Å². The second-order valence-corrected chi connectivity index (χ2v) is 9.90. The maximum absolute atomic E-state index is 13.0. The Bertz CT molecular complexity index is 789. The van der Waals surface area contributed by atoms with Crippen LogP contribution >= 0.6 is 0 Å². The third-order valence-corrected chi connectivity index (χ3v) is 7.71. The van der Waals surface area contributed by atoms with Crippen molar-refractivity contribution in [3.05, 3.63) is 29.3 Å². The van der Waals surface area contributed by atoms with Crippen LogP contribution in [0, 0.1) is 13.8 Å². The highest BCUT2D eigenvalue weighted by Crippen LogP contribution is 2.27. The molecule has 1 aromatic carbocycles. The van der Waals surface area contributed by atoms with Gasteiger partial charge in [-0.2, -0.15) is 4.31 Å². The van der Waals surface area contributed by atoms with Gasteiger partial charge in [-0.1, -0.05) is 17.7 Å². The molecule has 1 aliphatic rings. The van der Waals surface area contributed by atoms with Crippen LogP contribution in [0.4, 0.5) is 0 Å². The number of sulfone groups is 1. The molecule has 0 aliphatic carbocycles. The smallest absolute Gasteiger partial charge is 0.243 e. The fourth-order valence-electron chi connectivity index (χ4n) is 2.89. The Labute approximate surface area is 137 Å². The first kappa shape index (κ1) is 18.3. The Hall–Kier alpha value is -1.00. The lowest BCUT2D eigenvalue weighted by atomic mass is 10.2. The number of sulfonamides is 1. The molecule has 1 aliphatic heterocycles. The molecule has 0 saturated carbocycles. The highest BCUT2D eigenvalue weighted by Gasteiger charge is 2.44. The summed E-state index contributed by atoms with van der Waals surface area (Å²) in [5.74, 6) is -0.820. The monoisotopic (exact) mass is 362 g/mol. The van der Waals surface area contributed by atoms with Crippen LogP contribution in [0.1, 0.15) is 11.1 Å². The molecular formula is C14H22N2O5S2. The van der Waals surface area contributed by atoms with Gasteiger partial charge < -0.3 is 10.8 Å². The van der Waals surface area contributed by atoms with Crippen molar-refractivity contribution in [2.24, 2.45) is 5.73 Å². The summed E-state index contributed by atoms with van der Waals surface area (Å²) in [5.41, 5.74) is 7.01. The quantitative estimate of drug-likeness (QED) is 0.723. The average molecular weight is 362 g/mol. The Kier molecular flexibility index (Phi) is 5.17. The Morgan fingerprint density at radius 1 is 1.30 bits per heavy atom. The Morgan fingerprint density at radius 3 is 2.43 bits per heavy atom. The first-order chi connectivity index (χ1) is 10.6. The van der Waals surface area contributed by atoms with Gasteiger partial charge in [0, 0.05) is 13.1 Å². The van der Waals surface area contributed by atoms with Crippen molar-refractivity contribution < 1.29 is 21.9 Å². The number of aliphatic hydroxyl groups is 1. The second-order valence-electron chi connectivity index (χ2n) is 5.88. The summed E-state index contributed by atoms with van der Waals surface area (Å²) in [5, 5.41) is 10.0. The van der Waals surface area contributed by atoms with Gasteiger partial charge in [0.25, 0.3) is 0 Å². The first-order valence-electron chi connectivity index (χ1n) is 7.26. The highest BCUT2D eigenvalue weighted by molar-refractivity contribution is 7.92. The molecule has 0 unspecified atom stereocenters. The third-order valence-electron chi connectivity index (χ3n) is 3.93. The van der Waals surface area contributed by atoms with Gasteiger partial charge in [0.05, 0.1) is 28.5 Å². The molecule has 23 heavy (non-hydrogen) atoms. The molecule has 130 valence electrons. The lowest BCUT2D eigenvalue weighted by Gasteiger charge is -2.29. The number of hydrogen-bond donors (Lipinski definition) is 2. The molecule has 0 bridgehead atoms. The number of aryl methyl sites for hydroxylation is 2. The van der Waals surface area contributed by atoms with Gasteiger partial charge in [-0.05, 0) is 25.5 Å². The minimum Gasteiger partial charge on any atom is -0.390 e. The third kappa shape index (κ3) is 3.74. The fourth-order valence-corrected chi connectivity index (χ4v) is 6.66. The van der Waals surface area contributed by atoms with Crippen LogP contribution < -0.4 is 5.73 Å². The van der Waals surface area contributed by atoms with Gasteiger partial charge in [0.2, 0.25) is 10.0 Å². The topological polar surface area (TPSA) is 118 Å². The molecule has 0 spiro atoms. The Morgan fingerprint density at radius 2 is 1.96 bits per heavy atom. The van der Waals surface area contributed by atoms with E-state index in [9.17, 15) is 21.9 Å². The minimum atomic E-state index is -3.95. The minimum absolute atomic E-state index is 0.0351. The van der Waals surface area contributed by atoms with E-state index >= 15 is 0 Å². The molecule has 0 radical (unpaired) electrons. The van der Waals surface area contributed by atoms with Crippen LogP contribution in [0.2, 0.25) is 0 Å². The number of hydrogen-bond acceptors (Lipinski definition) is 6. The molecule has 0 aromatic heterocycles. The van der Waals surface area contributed by atoms with Crippen molar-refractivity contribution in [3.8, 4) is 0 Å². The zero-order valence-electron chi connectivity index (χ0n) is 13.1. The summed E-state index contributed by atoms with van der Waals surface area (Å²) in [6, 6.07) is 3.92. The summed E-state index contributed by atoms with van der Waals surface area (Å²) in [6.07, 6.45) is -1.24. The maximum atomic E-state index is 13.0. The molecular weight excluding hydrogens is 340 g/mol. The molecule has 2 atom stereocenters. The SMILES string of the molecule is Cc1ccc(S(=O)(=O)N(CCN)[C@H]2CS(=O)(=O)C[C@H]2O)c(C)c1. The van der Waals surface area contributed by atoms with Crippen molar-refractivity contribution >= 4 is 19.9 Å². The van der Waals surface area contributed by atoms with Gasteiger partial charge in [0.1, 0.15) is 0 Å². The van der Waals surface area contributed by atoms with Crippen LogP contribution in [0.25, 0.3) is 0 Å². The van der Waals surface area contributed by atoms with Crippen LogP contribution in [-0.4, -0.2) is 63.0 Å². The number of rotatable bonds is 5. The lowest BCUT2D eigenvalue weighted by Crippen LogP contribution is -2.48. The fraction of sp³-hybridized carbons (Fsp3) is 0.571. The van der Waals surface area contributed by atoms with Crippen LogP contribution in [-0.2, 0) is 19.9 Å². The lowest BCUT2D eigenvalue weighted by molar-refractivity contribution is 0.129. The van der Waals surface area contributed by atoms with E-state index in [1.165, 1.54) is 6.07 Å². The van der Waals surface area contributed by atoms with Crippen molar-refractivity contribution in [1.82, 2.24) is 4.31 Å². The maximum Gasteiger partial charge on any atom is 0.243 e. The number of nitrogens with two attached hydrogens (primary N) is 1. The number of nitrogens with zero attached hydrogens (tertiary/aromatic N) is 1. The summed E-state index contributed by atoms with van der Waals surface area (Å²) in [4.78, 5) is 0.105. The number of aliphatic hydroxyl groups excluding tert-OH is 1. The van der Waals surface area contributed by atoms with Crippen molar-refractivity contribution in [1.29, 1.82) is 0 Å². The van der Waals surface area contributed by atoms with E-state index in [1.807, 2.05) is 6.92 Å². The van der Waals surface area contributed by atoms with Crippen LogP contribution in [0.3, 0.4) is 0 Å². The largest absolute Gasteiger partial charge is 0.390 e. The molecule has 1 aromatic rings. The molecule has 7 nitrogen and oxygen atoms in total. The van der Waals surface area contributed by atoms with Gasteiger partial charge in [-0.15, -0.1) is 0 Å². The molecule has 0 amide bonds. The van der Waals surface area contributed by atoms with Crippen molar-refractivity contribution in [3.63, 3.8) is 0 Å². The predicted octanol–water partition coefficient (Wildman–Crippen LogP) is -0.589. The molecule has 1 fully saturated rings. The van der Waals surface area contributed by atoms with E-state index in [2.05, 4.69) is 0 Å². The van der Waals surface area contributed by atoms with Gasteiger partial charge in [0.15, 0.2) is 9.84 Å². The van der Waals surface area contributed by atoms with E-state index in [0.717, 1.165) is 9.87 Å². The summed E-state index contributed by atoms with van der Waals surface area (Å²) in [7, 11) is -7.41. The van der Waals surface area contributed by atoms with E-state index in [1.54, 1.807) is 19.1 Å². The standard InChI is InChI=1S/C14H22N2O5S2/c1-10-3-4-14(11(2)7-10)23(20,21)16(6-5-15)12-8-22(18,19)9-13(12)17/h3-4,7,12-13,17H,5-6,8-9,15H2,1-2H3/t12-,13+/m0/s1. The van der Waals surface area contributed by atoms with Gasteiger partial charge in [-0.25, -0.2) is 16.8 Å². The van der Waals surface area contributed by atoms with Gasteiger partial charge >= 0.3 is 0 Å². The predicted molar refractivity (Wildman–Crippen MR) is 87.3 cm³/mol. The molecule has 9 heteroatoms. The van der Waals surface area contributed by atoms with E-state index in [0.29, 0.717) is 5.56 Å². The normalized spacial score (nSPS) is 24.2. The highest BCUT2D eigenvalue weighted by atomic mass is 32.2. The van der Waals surface area contributed by atoms with Crippen molar-refractivity contribution in [2.75, 3.05) is 24.6 Å². The molecule has 1 heterocycles. The summed E-state index contributed by atoms with van der Waals surface area (Å²) >= 11 is 0. The number of benzene rings is 1. The molecule has 1 saturated heterocycles. The Balaban J connectivity index is 2.48.